The van der Waals surface area contributed by atoms with Gasteiger partial charge in [-0.15, -0.1) is 0 Å². The molecule has 0 radical (unpaired) electrons. The van der Waals surface area contributed by atoms with E-state index in [4.69, 9.17) is 4.98 Å². The van der Waals surface area contributed by atoms with Crippen LogP contribution in [-0.2, 0) is 18.3 Å². The zero-order valence-electron chi connectivity index (χ0n) is 18.3. The van der Waals surface area contributed by atoms with Gasteiger partial charge in [-0.2, -0.15) is 0 Å². The second kappa shape index (κ2) is 6.58. The summed E-state index contributed by atoms with van der Waals surface area (Å²) in [5.41, 5.74) is 15.0. The van der Waals surface area contributed by atoms with Crippen molar-refractivity contribution in [3.05, 3.63) is 86.7 Å². The lowest BCUT2D eigenvalue weighted by molar-refractivity contribution is 0.658. The summed E-state index contributed by atoms with van der Waals surface area (Å²) in [6, 6.07) is 14.0. The van der Waals surface area contributed by atoms with Crippen LogP contribution in [0.3, 0.4) is 0 Å². The molecule has 4 rings (SSSR count). The molecule has 0 N–H and O–H groups in total. The molecule has 0 fully saturated rings. The van der Waals surface area contributed by atoms with Gasteiger partial charge in [-0.25, -0.2) is 0 Å². The van der Waals surface area contributed by atoms with Gasteiger partial charge >= 0.3 is 0 Å². The van der Waals surface area contributed by atoms with Gasteiger partial charge in [0.15, 0.2) is 0 Å². The van der Waals surface area contributed by atoms with Crippen LogP contribution in [0.1, 0.15) is 64.2 Å². The first-order chi connectivity index (χ1) is 13.2. The Bertz CT molecular complexity index is 1090. The summed E-state index contributed by atoms with van der Waals surface area (Å²) in [6.45, 7) is 15.7. The smallest absolute Gasteiger partial charge is 0.0442 e. The standard InChI is InChI=1S/C27H31N/c1-16-8-11-22-23-12-9-21(15-25(23)27(6,7)24(22)14-16)10-13-26-19(4)17(2)18(3)20(5)28-26/h8-9,11-12,14-15H,10,13H2,1-7H3. The summed E-state index contributed by atoms with van der Waals surface area (Å²) < 4.78 is 0. The minimum atomic E-state index is 0.0674. The second-order valence-corrected chi connectivity index (χ2v) is 9.07. The van der Waals surface area contributed by atoms with E-state index >= 15 is 0 Å². The lowest BCUT2D eigenvalue weighted by Gasteiger charge is -2.22. The number of hydrogen-bond acceptors (Lipinski definition) is 1. The van der Waals surface area contributed by atoms with Crippen LogP contribution in [0.2, 0.25) is 0 Å². The van der Waals surface area contributed by atoms with Crippen molar-refractivity contribution in [2.45, 2.75) is 66.7 Å². The van der Waals surface area contributed by atoms with E-state index in [1.807, 2.05) is 0 Å². The number of aryl methyl sites for hydroxylation is 4. The molecule has 2 aromatic carbocycles. The normalized spacial score (nSPS) is 14.1. The topological polar surface area (TPSA) is 12.9 Å². The van der Waals surface area contributed by atoms with E-state index in [-0.39, 0.29) is 5.41 Å². The van der Waals surface area contributed by atoms with Gasteiger partial charge in [-0.3, -0.25) is 4.98 Å². The van der Waals surface area contributed by atoms with Crippen molar-refractivity contribution in [3.63, 3.8) is 0 Å². The van der Waals surface area contributed by atoms with Crippen LogP contribution < -0.4 is 0 Å². The molecule has 0 bridgehead atoms. The molecule has 0 amide bonds. The maximum atomic E-state index is 4.89. The first-order valence-electron chi connectivity index (χ1n) is 10.4. The van der Waals surface area contributed by atoms with Gasteiger partial charge in [0.1, 0.15) is 0 Å². The third-order valence-electron chi connectivity index (χ3n) is 6.95. The number of pyridine rings is 1. The average molecular weight is 370 g/mol. The van der Waals surface area contributed by atoms with Crippen LogP contribution >= 0.6 is 0 Å². The fourth-order valence-electron chi connectivity index (χ4n) is 4.70. The quantitative estimate of drug-likeness (QED) is 0.499. The van der Waals surface area contributed by atoms with E-state index in [0.29, 0.717) is 0 Å². The summed E-state index contributed by atoms with van der Waals surface area (Å²) in [4.78, 5) is 4.89. The maximum Gasteiger partial charge on any atom is 0.0442 e. The van der Waals surface area contributed by atoms with Crippen LogP contribution in [-0.4, -0.2) is 4.98 Å². The molecule has 1 aromatic heterocycles. The molecule has 0 saturated carbocycles. The minimum absolute atomic E-state index is 0.0674. The Morgan fingerprint density at radius 2 is 1.36 bits per heavy atom. The molecule has 1 aliphatic carbocycles. The van der Waals surface area contributed by atoms with Crippen molar-refractivity contribution in [2.75, 3.05) is 0 Å². The molecule has 1 nitrogen and oxygen atoms in total. The van der Waals surface area contributed by atoms with Gasteiger partial charge in [0.25, 0.3) is 0 Å². The second-order valence-electron chi connectivity index (χ2n) is 9.07. The molecule has 28 heavy (non-hydrogen) atoms. The number of hydrogen-bond donors (Lipinski definition) is 0. The number of rotatable bonds is 3. The molecule has 1 heterocycles. The molecular formula is C27H31N. The van der Waals surface area contributed by atoms with Crippen molar-refractivity contribution < 1.29 is 0 Å². The number of aromatic nitrogens is 1. The van der Waals surface area contributed by atoms with Gasteiger partial charge in [0.2, 0.25) is 0 Å². The van der Waals surface area contributed by atoms with Crippen LogP contribution in [0, 0.1) is 34.6 Å². The van der Waals surface area contributed by atoms with E-state index in [1.54, 1.807) is 0 Å². The Labute approximate surface area is 169 Å². The van der Waals surface area contributed by atoms with Crippen LogP contribution in [0.15, 0.2) is 36.4 Å². The fraction of sp³-hybridized carbons (Fsp3) is 0.370. The van der Waals surface area contributed by atoms with Crippen molar-refractivity contribution >= 4 is 0 Å². The highest BCUT2D eigenvalue weighted by atomic mass is 14.7. The highest BCUT2D eigenvalue weighted by Gasteiger charge is 2.35. The molecule has 0 aliphatic heterocycles. The van der Waals surface area contributed by atoms with Gasteiger partial charge in [-0.1, -0.05) is 55.8 Å². The maximum absolute atomic E-state index is 4.89. The third kappa shape index (κ3) is 2.89. The van der Waals surface area contributed by atoms with E-state index in [2.05, 4.69) is 84.9 Å². The number of nitrogens with zero attached hydrogens (tertiary/aromatic N) is 1. The largest absolute Gasteiger partial charge is 0.258 e. The third-order valence-corrected chi connectivity index (χ3v) is 6.95. The van der Waals surface area contributed by atoms with Gasteiger partial charge < -0.3 is 0 Å². The van der Waals surface area contributed by atoms with Crippen LogP contribution in [0.25, 0.3) is 11.1 Å². The molecular weight excluding hydrogens is 338 g/mol. The molecule has 0 spiro atoms. The van der Waals surface area contributed by atoms with Gasteiger partial charge in [0.05, 0.1) is 0 Å². The van der Waals surface area contributed by atoms with Crippen LogP contribution in [0.4, 0.5) is 0 Å². The first-order valence-corrected chi connectivity index (χ1v) is 10.4. The molecule has 0 unspecified atom stereocenters. The highest BCUT2D eigenvalue weighted by molar-refractivity contribution is 5.81. The monoisotopic (exact) mass is 369 g/mol. The molecule has 1 aliphatic rings. The summed E-state index contributed by atoms with van der Waals surface area (Å²) in [7, 11) is 0. The molecule has 144 valence electrons. The van der Waals surface area contributed by atoms with Crippen molar-refractivity contribution in [1.29, 1.82) is 0 Å². The SMILES string of the molecule is Cc1ccc2c(c1)C(C)(C)c1cc(CCc3nc(C)c(C)c(C)c3C)ccc1-2. The lowest BCUT2D eigenvalue weighted by atomic mass is 9.81. The summed E-state index contributed by atoms with van der Waals surface area (Å²) >= 11 is 0. The predicted molar refractivity (Wildman–Crippen MR) is 119 cm³/mol. The Morgan fingerprint density at radius 3 is 2.07 bits per heavy atom. The average Bonchev–Trinajstić information content (AvgIpc) is 2.89. The van der Waals surface area contributed by atoms with Gasteiger partial charge in [-0.05, 0) is 92.0 Å². The van der Waals surface area contributed by atoms with Crippen LogP contribution in [0.5, 0.6) is 0 Å². The zero-order chi connectivity index (χ0) is 20.2. The van der Waals surface area contributed by atoms with E-state index in [1.165, 1.54) is 61.5 Å². The Hall–Kier alpha value is -2.41. The van der Waals surface area contributed by atoms with Crippen molar-refractivity contribution in [2.24, 2.45) is 0 Å². The summed E-state index contributed by atoms with van der Waals surface area (Å²) in [5, 5.41) is 0. The summed E-state index contributed by atoms with van der Waals surface area (Å²) in [5.74, 6) is 0. The summed E-state index contributed by atoms with van der Waals surface area (Å²) in [6.07, 6.45) is 2.04. The fourth-order valence-corrected chi connectivity index (χ4v) is 4.70. The zero-order valence-corrected chi connectivity index (χ0v) is 18.3. The number of benzene rings is 2. The van der Waals surface area contributed by atoms with Gasteiger partial charge in [0, 0.05) is 16.8 Å². The van der Waals surface area contributed by atoms with Crippen molar-refractivity contribution in [3.8, 4) is 11.1 Å². The molecule has 0 saturated heterocycles. The lowest BCUT2D eigenvalue weighted by Crippen LogP contribution is -2.15. The molecule has 0 atom stereocenters. The highest BCUT2D eigenvalue weighted by Crippen LogP contribution is 2.49. The first kappa shape index (κ1) is 18.9. The minimum Gasteiger partial charge on any atom is -0.258 e. The van der Waals surface area contributed by atoms with E-state index in [0.717, 1.165) is 12.8 Å². The van der Waals surface area contributed by atoms with Crippen molar-refractivity contribution in [1.82, 2.24) is 4.98 Å². The Balaban J connectivity index is 1.65. The Kier molecular flexibility index (Phi) is 4.45. The molecule has 1 heteroatoms. The number of fused-ring (bicyclic) bond motifs is 3. The predicted octanol–water partition coefficient (Wildman–Crippen LogP) is 6.72. The Morgan fingerprint density at radius 1 is 0.714 bits per heavy atom. The van der Waals surface area contributed by atoms with E-state index in [9.17, 15) is 0 Å². The van der Waals surface area contributed by atoms with E-state index < -0.39 is 0 Å². The molecule has 3 aromatic rings.